The summed E-state index contributed by atoms with van der Waals surface area (Å²) in [5.41, 5.74) is 6.21. The van der Waals surface area contributed by atoms with Crippen LogP contribution < -0.4 is 16.2 Å². The van der Waals surface area contributed by atoms with Crippen LogP contribution >= 0.6 is 11.6 Å². The van der Waals surface area contributed by atoms with Crippen LogP contribution in [0.25, 0.3) is 0 Å². The number of hydrogen-bond acceptors (Lipinski definition) is 3. The minimum absolute atomic E-state index is 0.0443. The van der Waals surface area contributed by atoms with Crippen LogP contribution in [0, 0.1) is 0 Å². The topological polar surface area (TPSA) is 41.3 Å². The number of nitrogens with two attached hydrogens (primary N) is 1. The van der Waals surface area contributed by atoms with Gasteiger partial charge >= 0.3 is 0 Å². The van der Waals surface area contributed by atoms with Crippen LogP contribution in [0.4, 0.5) is 5.69 Å². The molecule has 100 valence electrons. The average Bonchev–Trinajstić information content (AvgIpc) is 2.42. The molecule has 0 aliphatic rings. The molecule has 0 heterocycles. The third-order valence-electron chi connectivity index (χ3n) is 3.09. The van der Waals surface area contributed by atoms with Crippen molar-refractivity contribution in [3.8, 4) is 0 Å². The van der Waals surface area contributed by atoms with Crippen LogP contribution in [-0.4, -0.2) is 14.1 Å². The summed E-state index contributed by atoms with van der Waals surface area (Å²) in [5.74, 6) is 5.70. The first-order valence-electron chi connectivity index (χ1n) is 6.10. The first kappa shape index (κ1) is 13.9. The Morgan fingerprint density at radius 1 is 1.05 bits per heavy atom. The van der Waals surface area contributed by atoms with Crippen molar-refractivity contribution in [1.29, 1.82) is 0 Å². The minimum atomic E-state index is -0.0443. The van der Waals surface area contributed by atoms with Crippen molar-refractivity contribution in [3.63, 3.8) is 0 Å². The van der Waals surface area contributed by atoms with Gasteiger partial charge in [-0.25, -0.2) is 5.43 Å². The van der Waals surface area contributed by atoms with E-state index >= 15 is 0 Å². The van der Waals surface area contributed by atoms with Gasteiger partial charge in [-0.15, -0.1) is 0 Å². The van der Waals surface area contributed by atoms with Gasteiger partial charge in [0.05, 0.1) is 6.04 Å². The number of anilines is 1. The van der Waals surface area contributed by atoms with Gasteiger partial charge in [0.15, 0.2) is 0 Å². The van der Waals surface area contributed by atoms with E-state index in [0.717, 1.165) is 21.8 Å². The highest BCUT2D eigenvalue weighted by atomic mass is 35.5. The summed E-state index contributed by atoms with van der Waals surface area (Å²) < 4.78 is 0. The Balaban J connectivity index is 2.36. The Labute approximate surface area is 119 Å². The molecule has 0 aromatic heterocycles. The summed E-state index contributed by atoms with van der Waals surface area (Å²) >= 11 is 5.91. The molecule has 0 aliphatic heterocycles. The zero-order valence-corrected chi connectivity index (χ0v) is 11.9. The van der Waals surface area contributed by atoms with Crippen molar-refractivity contribution >= 4 is 17.3 Å². The van der Waals surface area contributed by atoms with Gasteiger partial charge < -0.3 is 4.90 Å². The van der Waals surface area contributed by atoms with Crippen LogP contribution in [0.5, 0.6) is 0 Å². The quantitative estimate of drug-likeness (QED) is 0.666. The number of hydrogen-bond donors (Lipinski definition) is 2. The van der Waals surface area contributed by atoms with E-state index in [1.54, 1.807) is 0 Å². The molecule has 0 bridgehead atoms. The van der Waals surface area contributed by atoms with Crippen LogP contribution in [0.15, 0.2) is 48.5 Å². The van der Waals surface area contributed by atoms with Crippen LogP contribution in [0.3, 0.4) is 0 Å². The number of nitrogens with one attached hydrogen (secondary N) is 1. The highest BCUT2D eigenvalue weighted by Gasteiger charge is 2.12. The summed E-state index contributed by atoms with van der Waals surface area (Å²) in [7, 11) is 4.04. The largest absolute Gasteiger partial charge is 0.378 e. The van der Waals surface area contributed by atoms with Crippen molar-refractivity contribution in [3.05, 3.63) is 64.7 Å². The molecule has 2 aromatic rings. The second kappa shape index (κ2) is 6.06. The molecule has 3 N–H and O–H groups in total. The third-order valence-corrected chi connectivity index (χ3v) is 3.34. The number of nitrogens with zero attached hydrogens (tertiary/aromatic N) is 1. The Morgan fingerprint density at radius 3 is 2.32 bits per heavy atom. The smallest absolute Gasteiger partial charge is 0.0710 e. The van der Waals surface area contributed by atoms with E-state index < -0.39 is 0 Å². The van der Waals surface area contributed by atoms with Crippen LogP contribution in [0.1, 0.15) is 17.2 Å². The molecule has 1 unspecified atom stereocenters. The van der Waals surface area contributed by atoms with Gasteiger partial charge in [0.2, 0.25) is 0 Å². The predicted octanol–water partition coefficient (Wildman–Crippen LogP) is 2.96. The van der Waals surface area contributed by atoms with E-state index in [2.05, 4.69) is 28.5 Å². The fourth-order valence-corrected chi connectivity index (χ4v) is 2.15. The second-order valence-electron chi connectivity index (χ2n) is 4.64. The molecule has 0 amide bonds. The lowest BCUT2D eigenvalue weighted by Crippen LogP contribution is -2.29. The lowest BCUT2D eigenvalue weighted by molar-refractivity contribution is 0.637. The van der Waals surface area contributed by atoms with E-state index in [1.807, 2.05) is 44.4 Å². The van der Waals surface area contributed by atoms with Crippen molar-refractivity contribution in [2.45, 2.75) is 6.04 Å². The second-order valence-corrected chi connectivity index (χ2v) is 5.08. The molecule has 0 spiro atoms. The molecule has 0 saturated heterocycles. The zero-order valence-electron chi connectivity index (χ0n) is 11.1. The maximum absolute atomic E-state index is 5.91. The van der Waals surface area contributed by atoms with Crippen molar-refractivity contribution < 1.29 is 0 Å². The summed E-state index contributed by atoms with van der Waals surface area (Å²) in [6, 6.07) is 15.9. The van der Waals surface area contributed by atoms with Gasteiger partial charge in [-0.1, -0.05) is 35.9 Å². The molecular weight excluding hydrogens is 258 g/mol. The van der Waals surface area contributed by atoms with Crippen molar-refractivity contribution in [2.75, 3.05) is 19.0 Å². The molecule has 1 atom stereocenters. The number of benzene rings is 2. The first-order valence-corrected chi connectivity index (χ1v) is 6.48. The van der Waals surface area contributed by atoms with Crippen LogP contribution in [-0.2, 0) is 0 Å². The Hall–Kier alpha value is -1.55. The standard InChI is InChI=1S/C15H18ClN3/c1-19(2)14-5-3-4-12(10-14)15(18-17)11-6-8-13(16)9-7-11/h3-10,15,18H,17H2,1-2H3. The maximum atomic E-state index is 5.91. The monoisotopic (exact) mass is 275 g/mol. The molecule has 4 heteroatoms. The zero-order chi connectivity index (χ0) is 13.8. The SMILES string of the molecule is CN(C)c1cccc(C(NN)c2ccc(Cl)cc2)c1. The van der Waals surface area contributed by atoms with Gasteiger partial charge in [0.25, 0.3) is 0 Å². The molecule has 0 saturated carbocycles. The Morgan fingerprint density at radius 2 is 1.74 bits per heavy atom. The number of halogens is 1. The highest BCUT2D eigenvalue weighted by Crippen LogP contribution is 2.25. The van der Waals surface area contributed by atoms with Crippen molar-refractivity contribution in [1.82, 2.24) is 5.43 Å². The minimum Gasteiger partial charge on any atom is -0.378 e. The van der Waals surface area contributed by atoms with E-state index in [4.69, 9.17) is 17.4 Å². The number of hydrazine groups is 1. The Kier molecular flexibility index (Phi) is 4.43. The molecule has 19 heavy (non-hydrogen) atoms. The van der Waals surface area contributed by atoms with E-state index in [-0.39, 0.29) is 6.04 Å². The van der Waals surface area contributed by atoms with Gasteiger partial charge in [-0.2, -0.15) is 0 Å². The summed E-state index contributed by atoms with van der Waals surface area (Å²) in [6.45, 7) is 0. The lowest BCUT2D eigenvalue weighted by atomic mass is 9.99. The predicted molar refractivity (Wildman–Crippen MR) is 81.4 cm³/mol. The molecule has 0 radical (unpaired) electrons. The molecule has 2 aromatic carbocycles. The van der Waals surface area contributed by atoms with Crippen LogP contribution in [0.2, 0.25) is 5.02 Å². The highest BCUT2D eigenvalue weighted by molar-refractivity contribution is 6.30. The third kappa shape index (κ3) is 3.26. The molecule has 3 nitrogen and oxygen atoms in total. The van der Waals surface area contributed by atoms with Gasteiger partial charge in [-0.05, 0) is 35.4 Å². The van der Waals surface area contributed by atoms with Gasteiger partial charge in [-0.3, -0.25) is 5.84 Å². The summed E-state index contributed by atoms with van der Waals surface area (Å²) in [6.07, 6.45) is 0. The molecule has 0 aliphatic carbocycles. The van der Waals surface area contributed by atoms with Gasteiger partial charge in [0, 0.05) is 24.8 Å². The summed E-state index contributed by atoms with van der Waals surface area (Å²) in [5, 5.41) is 0.724. The average molecular weight is 276 g/mol. The number of rotatable bonds is 4. The normalized spacial score (nSPS) is 12.2. The molecule has 0 fully saturated rings. The Bertz CT molecular complexity index is 537. The fraction of sp³-hybridized carbons (Fsp3) is 0.200. The molecule has 2 rings (SSSR count). The molecular formula is C15H18ClN3. The van der Waals surface area contributed by atoms with E-state index in [0.29, 0.717) is 0 Å². The van der Waals surface area contributed by atoms with E-state index in [9.17, 15) is 0 Å². The van der Waals surface area contributed by atoms with Gasteiger partial charge in [0.1, 0.15) is 0 Å². The van der Waals surface area contributed by atoms with Crippen molar-refractivity contribution in [2.24, 2.45) is 5.84 Å². The fourth-order valence-electron chi connectivity index (χ4n) is 2.02. The summed E-state index contributed by atoms with van der Waals surface area (Å²) in [4.78, 5) is 2.07. The first-order chi connectivity index (χ1) is 9.11. The maximum Gasteiger partial charge on any atom is 0.0710 e. The lowest BCUT2D eigenvalue weighted by Gasteiger charge is -2.20. The van der Waals surface area contributed by atoms with E-state index in [1.165, 1.54) is 0 Å².